The number of amides is 1. The number of carbonyl (C=O) groups excluding carboxylic acids is 2. The topological polar surface area (TPSA) is 111 Å². The number of nitrogens with zero attached hydrogens (tertiary/aromatic N) is 5. The highest BCUT2D eigenvalue weighted by Gasteiger charge is 2.08. The minimum atomic E-state index is -0.415. The Morgan fingerprint density at radius 1 is 1.15 bits per heavy atom. The van der Waals surface area contributed by atoms with Crippen LogP contribution in [0.2, 0.25) is 0 Å². The first-order valence-electron chi connectivity index (χ1n) is 7.99. The fourth-order valence-corrected chi connectivity index (χ4v) is 2.18. The minimum Gasteiger partial charge on any atom is -0.465 e. The molecule has 3 aromatic rings. The summed E-state index contributed by atoms with van der Waals surface area (Å²) in [6.07, 6.45) is 1.46. The lowest BCUT2D eigenvalue weighted by molar-refractivity contribution is -0.122. The highest BCUT2D eigenvalue weighted by atomic mass is 16.5. The molecule has 0 fully saturated rings. The third-order valence-corrected chi connectivity index (χ3v) is 3.50. The van der Waals surface area contributed by atoms with E-state index < -0.39 is 11.9 Å². The Kier molecular flexibility index (Phi) is 5.63. The van der Waals surface area contributed by atoms with Crippen LogP contribution >= 0.6 is 0 Å². The Morgan fingerprint density at radius 3 is 2.59 bits per heavy atom. The number of hydrogen-bond acceptors (Lipinski definition) is 7. The van der Waals surface area contributed by atoms with Crippen molar-refractivity contribution in [2.75, 3.05) is 7.11 Å². The van der Waals surface area contributed by atoms with E-state index in [0.717, 1.165) is 5.56 Å². The molecule has 0 aliphatic carbocycles. The van der Waals surface area contributed by atoms with Crippen LogP contribution in [0, 0.1) is 0 Å². The molecule has 0 aliphatic rings. The van der Waals surface area contributed by atoms with Crippen LogP contribution in [-0.4, -0.2) is 45.4 Å². The maximum absolute atomic E-state index is 11.9. The molecule has 9 heteroatoms. The number of tetrazole rings is 1. The van der Waals surface area contributed by atoms with E-state index in [-0.39, 0.29) is 6.54 Å². The van der Waals surface area contributed by atoms with Crippen LogP contribution in [0.3, 0.4) is 0 Å². The predicted molar refractivity (Wildman–Crippen MR) is 96.8 cm³/mol. The van der Waals surface area contributed by atoms with Gasteiger partial charge in [0.1, 0.15) is 6.54 Å². The summed E-state index contributed by atoms with van der Waals surface area (Å²) in [6, 6.07) is 15.9. The molecule has 0 spiro atoms. The molecule has 0 aliphatic heterocycles. The molecule has 1 N–H and O–H groups in total. The number of esters is 1. The van der Waals surface area contributed by atoms with E-state index in [4.69, 9.17) is 0 Å². The third-order valence-electron chi connectivity index (χ3n) is 3.50. The molecule has 0 radical (unpaired) electrons. The van der Waals surface area contributed by atoms with Gasteiger partial charge in [0.05, 0.1) is 18.9 Å². The monoisotopic (exact) mass is 364 g/mol. The summed E-state index contributed by atoms with van der Waals surface area (Å²) in [5.74, 6) is -0.367. The van der Waals surface area contributed by atoms with Gasteiger partial charge >= 0.3 is 5.97 Å². The molecule has 1 heterocycles. The van der Waals surface area contributed by atoms with E-state index in [1.807, 2.05) is 30.3 Å². The van der Waals surface area contributed by atoms with Crippen molar-refractivity contribution in [1.29, 1.82) is 0 Å². The number of benzene rings is 2. The summed E-state index contributed by atoms with van der Waals surface area (Å²) in [6.45, 7) is -0.113. The maximum Gasteiger partial charge on any atom is 0.337 e. The van der Waals surface area contributed by atoms with E-state index in [0.29, 0.717) is 17.0 Å². The maximum atomic E-state index is 11.9. The summed E-state index contributed by atoms with van der Waals surface area (Å²) in [4.78, 5) is 24.5. The number of methoxy groups -OCH3 is 1. The first-order chi connectivity index (χ1) is 13.2. The third kappa shape index (κ3) is 4.82. The van der Waals surface area contributed by atoms with Crippen molar-refractivity contribution in [3.8, 4) is 11.4 Å². The standard InChI is InChI=1S/C18H16N6O3/c1-27-18(26)15-9-7-13(8-10-15)11-19-20-16(25)12-24-22-17(21-23-24)14-5-3-2-4-6-14/h2-11H,12H2,1H3,(H,20,25)/b19-11+. The van der Waals surface area contributed by atoms with Crippen molar-refractivity contribution in [3.63, 3.8) is 0 Å². The number of aromatic nitrogens is 4. The molecule has 27 heavy (non-hydrogen) atoms. The zero-order chi connectivity index (χ0) is 19.1. The fourth-order valence-electron chi connectivity index (χ4n) is 2.18. The number of rotatable bonds is 6. The van der Waals surface area contributed by atoms with Gasteiger partial charge in [0.25, 0.3) is 5.91 Å². The predicted octanol–water partition coefficient (Wildman–Crippen LogP) is 1.28. The number of hydrazone groups is 1. The summed E-state index contributed by atoms with van der Waals surface area (Å²) in [5.41, 5.74) is 4.36. The zero-order valence-corrected chi connectivity index (χ0v) is 14.4. The molecule has 0 saturated carbocycles. The normalized spacial score (nSPS) is 10.7. The van der Waals surface area contributed by atoms with E-state index >= 15 is 0 Å². The van der Waals surface area contributed by atoms with E-state index in [9.17, 15) is 9.59 Å². The molecule has 0 unspecified atom stereocenters. The summed E-state index contributed by atoms with van der Waals surface area (Å²) in [7, 11) is 1.32. The SMILES string of the molecule is COC(=O)c1ccc(/C=N/NC(=O)Cn2nnc(-c3ccccc3)n2)cc1. The second-order valence-electron chi connectivity index (χ2n) is 5.42. The van der Waals surface area contributed by atoms with Crippen molar-refractivity contribution in [1.82, 2.24) is 25.6 Å². The van der Waals surface area contributed by atoms with Crippen LogP contribution in [0.1, 0.15) is 15.9 Å². The summed E-state index contributed by atoms with van der Waals surface area (Å²) in [5, 5.41) is 15.8. The molecule has 9 nitrogen and oxygen atoms in total. The van der Waals surface area contributed by atoms with Gasteiger partial charge in [-0.2, -0.15) is 9.90 Å². The van der Waals surface area contributed by atoms with Crippen molar-refractivity contribution in [2.24, 2.45) is 5.10 Å². The Balaban J connectivity index is 1.53. The van der Waals surface area contributed by atoms with Gasteiger partial charge in [-0.15, -0.1) is 10.2 Å². The number of carbonyl (C=O) groups is 2. The highest BCUT2D eigenvalue weighted by molar-refractivity contribution is 5.90. The van der Waals surface area contributed by atoms with Crippen LogP contribution < -0.4 is 5.43 Å². The zero-order valence-electron chi connectivity index (χ0n) is 14.4. The lowest BCUT2D eigenvalue weighted by Crippen LogP contribution is -2.24. The van der Waals surface area contributed by atoms with Crippen molar-refractivity contribution in [3.05, 3.63) is 65.7 Å². The summed E-state index contributed by atoms with van der Waals surface area (Å²) < 4.78 is 4.63. The van der Waals surface area contributed by atoms with Gasteiger partial charge in [0, 0.05) is 5.56 Å². The number of nitrogens with one attached hydrogen (secondary N) is 1. The molecule has 0 bridgehead atoms. The van der Waals surface area contributed by atoms with Gasteiger partial charge < -0.3 is 4.74 Å². The van der Waals surface area contributed by atoms with Gasteiger partial charge in [-0.1, -0.05) is 42.5 Å². The van der Waals surface area contributed by atoms with Crippen LogP contribution in [-0.2, 0) is 16.1 Å². The number of hydrogen-bond donors (Lipinski definition) is 1. The molecular formula is C18H16N6O3. The average Bonchev–Trinajstić information content (AvgIpc) is 3.17. The Hall–Kier alpha value is -3.88. The summed E-state index contributed by atoms with van der Waals surface area (Å²) >= 11 is 0. The van der Waals surface area contributed by atoms with Gasteiger partial charge in [0.2, 0.25) is 5.82 Å². The Labute approximate surface area is 154 Å². The van der Waals surface area contributed by atoms with Crippen molar-refractivity contribution >= 4 is 18.1 Å². The highest BCUT2D eigenvalue weighted by Crippen LogP contribution is 2.11. The molecule has 2 aromatic carbocycles. The molecule has 1 aromatic heterocycles. The van der Waals surface area contributed by atoms with Crippen LogP contribution in [0.15, 0.2) is 59.7 Å². The number of ether oxygens (including phenoxy) is 1. The Morgan fingerprint density at radius 2 is 1.89 bits per heavy atom. The first-order valence-corrected chi connectivity index (χ1v) is 7.99. The molecule has 0 atom stereocenters. The molecule has 0 saturated heterocycles. The molecule has 1 amide bonds. The van der Waals surface area contributed by atoms with Crippen LogP contribution in [0.4, 0.5) is 0 Å². The average molecular weight is 364 g/mol. The smallest absolute Gasteiger partial charge is 0.337 e. The van der Waals surface area contributed by atoms with E-state index in [2.05, 4.69) is 30.7 Å². The van der Waals surface area contributed by atoms with Gasteiger partial charge in [-0.25, -0.2) is 10.2 Å². The van der Waals surface area contributed by atoms with Gasteiger partial charge in [0.15, 0.2) is 0 Å². The van der Waals surface area contributed by atoms with E-state index in [1.165, 1.54) is 18.1 Å². The Bertz CT molecular complexity index is 951. The second kappa shape index (κ2) is 8.48. The quantitative estimate of drug-likeness (QED) is 0.401. The molecule has 3 rings (SSSR count). The van der Waals surface area contributed by atoms with Gasteiger partial charge in [-0.05, 0) is 22.9 Å². The largest absolute Gasteiger partial charge is 0.465 e. The molecular weight excluding hydrogens is 348 g/mol. The lowest BCUT2D eigenvalue weighted by Gasteiger charge is -2.00. The van der Waals surface area contributed by atoms with Crippen molar-refractivity contribution in [2.45, 2.75) is 6.54 Å². The minimum absolute atomic E-state index is 0.113. The lowest BCUT2D eigenvalue weighted by atomic mass is 10.1. The molecule has 136 valence electrons. The van der Waals surface area contributed by atoms with E-state index in [1.54, 1.807) is 24.3 Å². The van der Waals surface area contributed by atoms with Crippen LogP contribution in [0.5, 0.6) is 0 Å². The van der Waals surface area contributed by atoms with Crippen molar-refractivity contribution < 1.29 is 14.3 Å². The first kappa shape index (κ1) is 17.9. The fraction of sp³-hybridized carbons (Fsp3) is 0.111. The second-order valence-corrected chi connectivity index (χ2v) is 5.42. The van der Waals surface area contributed by atoms with Crippen LogP contribution in [0.25, 0.3) is 11.4 Å². The van der Waals surface area contributed by atoms with Gasteiger partial charge in [-0.3, -0.25) is 4.79 Å².